The largest absolute Gasteiger partial charge is 0.491 e. The number of aliphatic hydroxyl groups excluding tert-OH is 1. The molecule has 0 unspecified atom stereocenters. The first kappa shape index (κ1) is 24.6. The van der Waals surface area contributed by atoms with Gasteiger partial charge in [0.2, 0.25) is 0 Å². The summed E-state index contributed by atoms with van der Waals surface area (Å²) in [7, 11) is 0. The van der Waals surface area contributed by atoms with Crippen LogP contribution in [0.5, 0.6) is 11.5 Å². The van der Waals surface area contributed by atoms with E-state index in [1.54, 1.807) is 12.3 Å². The SMILES string of the molecule is CCC(=O)c1cc(C(=O)CCCc2cccnc2)cc2c1O[C@@H](C)[C@@H]2c1cccc(OCCO)c1. The van der Waals surface area contributed by atoms with Crippen LogP contribution < -0.4 is 9.47 Å². The smallest absolute Gasteiger partial charge is 0.166 e. The average molecular weight is 474 g/mol. The third-order valence-corrected chi connectivity index (χ3v) is 6.34. The maximum absolute atomic E-state index is 13.2. The summed E-state index contributed by atoms with van der Waals surface area (Å²) in [6.07, 6.45) is 5.54. The fraction of sp³-hybridized carbons (Fsp3) is 0.345. The predicted octanol–water partition coefficient (Wildman–Crippen LogP) is 5.16. The van der Waals surface area contributed by atoms with Crippen molar-refractivity contribution in [2.45, 2.75) is 51.6 Å². The minimum atomic E-state index is -0.211. The molecular weight excluding hydrogens is 442 g/mol. The minimum absolute atomic E-state index is 0.0141. The van der Waals surface area contributed by atoms with Crippen LogP contribution in [0.2, 0.25) is 0 Å². The van der Waals surface area contributed by atoms with Gasteiger partial charge >= 0.3 is 0 Å². The van der Waals surface area contributed by atoms with Crippen LogP contribution in [0.1, 0.15) is 76.4 Å². The third kappa shape index (κ3) is 5.60. The first-order valence-corrected chi connectivity index (χ1v) is 12.1. The average Bonchev–Trinajstić information content (AvgIpc) is 3.22. The molecule has 0 saturated heterocycles. The van der Waals surface area contributed by atoms with Gasteiger partial charge in [-0.2, -0.15) is 0 Å². The summed E-state index contributed by atoms with van der Waals surface area (Å²) in [5, 5.41) is 9.08. The van der Waals surface area contributed by atoms with Crippen molar-refractivity contribution in [1.82, 2.24) is 4.98 Å². The van der Waals surface area contributed by atoms with Crippen LogP contribution in [0.15, 0.2) is 60.9 Å². The van der Waals surface area contributed by atoms with Crippen LogP contribution in [0.4, 0.5) is 0 Å². The number of fused-ring (bicyclic) bond motifs is 1. The fourth-order valence-electron chi connectivity index (χ4n) is 4.63. The number of carbonyl (C=O) groups is 2. The van der Waals surface area contributed by atoms with E-state index in [1.807, 2.05) is 62.5 Å². The van der Waals surface area contributed by atoms with Gasteiger partial charge in [-0.3, -0.25) is 14.6 Å². The van der Waals surface area contributed by atoms with Gasteiger partial charge in [-0.1, -0.05) is 25.1 Å². The van der Waals surface area contributed by atoms with E-state index in [1.165, 1.54) is 0 Å². The van der Waals surface area contributed by atoms with Crippen molar-refractivity contribution in [1.29, 1.82) is 0 Å². The van der Waals surface area contributed by atoms with Gasteiger partial charge in [0.1, 0.15) is 24.2 Å². The monoisotopic (exact) mass is 473 g/mol. The molecule has 6 heteroatoms. The third-order valence-electron chi connectivity index (χ3n) is 6.34. The van der Waals surface area contributed by atoms with Gasteiger partial charge < -0.3 is 14.6 Å². The van der Waals surface area contributed by atoms with E-state index in [9.17, 15) is 9.59 Å². The molecule has 2 heterocycles. The molecule has 0 aliphatic carbocycles. The van der Waals surface area contributed by atoms with Gasteiger partial charge in [-0.15, -0.1) is 0 Å². The summed E-state index contributed by atoms with van der Waals surface area (Å²) in [6, 6.07) is 15.2. The van der Waals surface area contributed by atoms with Crippen molar-refractivity contribution in [3.63, 3.8) is 0 Å². The Bertz CT molecular complexity index is 1190. The molecule has 2 aromatic carbocycles. The van der Waals surface area contributed by atoms with Crippen LogP contribution in [0.25, 0.3) is 0 Å². The molecule has 1 aliphatic heterocycles. The van der Waals surface area contributed by atoms with Crippen molar-refractivity contribution < 1.29 is 24.2 Å². The highest BCUT2D eigenvalue weighted by atomic mass is 16.5. The standard InChI is InChI=1S/C29H31NO5/c1-3-26(32)24-16-22(27(33)11-4-7-20-8-6-12-30-18-20)17-25-28(19(2)35-29(24)25)21-9-5-10-23(15-21)34-14-13-31/h5-6,8-10,12,15-19,28,31H,3-4,7,11,13-14H2,1-2H3/t19-,28+/m0/s1. The maximum Gasteiger partial charge on any atom is 0.166 e. The molecule has 6 nitrogen and oxygen atoms in total. The lowest BCUT2D eigenvalue weighted by Gasteiger charge is -2.17. The van der Waals surface area contributed by atoms with Gasteiger partial charge in [0.05, 0.1) is 12.2 Å². The van der Waals surface area contributed by atoms with Crippen LogP contribution >= 0.6 is 0 Å². The molecule has 3 aromatic rings. The molecule has 0 fully saturated rings. The molecule has 0 amide bonds. The van der Waals surface area contributed by atoms with E-state index in [0.717, 1.165) is 23.1 Å². The Morgan fingerprint density at radius 2 is 1.97 bits per heavy atom. The van der Waals surface area contributed by atoms with Gasteiger partial charge in [-0.25, -0.2) is 0 Å². The Morgan fingerprint density at radius 1 is 1.11 bits per heavy atom. The summed E-state index contributed by atoms with van der Waals surface area (Å²) >= 11 is 0. The summed E-state index contributed by atoms with van der Waals surface area (Å²) < 4.78 is 11.8. The summed E-state index contributed by atoms with van der Waals surface area (Å²) in [6.45, 7) is 3.94. The first-order chi connectivity index (χ1) is 17.0. The topological polar surface area (TPSA) is 85.7 Å². The second-order valence-electron chi connectivity index (χ2n) is 8.80. The second kappa shape index (κ2) is 11.3. The number of aliphatic hydroxyl groups is 1. The number of aromatic nitrogens is 1. The number of ketones is 2. The molecule has 0 bridgehead atoms. The molecule has 0 spiro atoms. The normalized spacial score (nSPS) is 16.4. The Labute approximate surface area is 205 Å². The van der Waals surface area contributed by atoms with E-state index < -0.39 is 0 Å². The molecule has 0 saturated carbocycles. The highest BCUT2D eigenvalue weighted by Crippen LogP contribution is 2.46. The lowest BCUT2D eigenvalue weighted by molar-refractivity contribution is 0.0980. The van der Waals surface area contributed by atoms with Gasteiger partial charge in [0.15, 0.2) is 11.6 Å². The molecule has 35 heavy (non-hydrogen) atoms. The van der Waals surface area contributed by atoms with Gasteiger partial charge in [0, 0.05) is 42.3 Å². The van der Waals surface area contributed by atoms with Crippen molar-refractivity contribution in [2.75, 3.05) is 13.2 Å². The maximum atomic E-state index is 13.2. The number of nitrogens with zero attached hydrogens (tertiary/aromatic N) is 1. The molecule has 182 valence electrons. The van der Waals surface area contributed by atoms with E-state index in [4.69, 9.17) is 14.6 Å². The van der Waals surface area contributed by atoms with Crippen LogP contribution in [-0.4, -0.2) is 41.0 Å². The minimum Gasteiger partial charge on any atom is -0.491 e. The first-order valence-electron chi connectivity index (χ1n) is 12.1. The summed E-state index contributed by atoms with van der Waals surface area (Å²) in [4.78, 5) is 30.1. The number of hydrogen-bond acceptors (Lipinski definition) is 6. The zero-order valence-electron chi connectivity index (χ0n) is 20.2. The molecule has 4 rings (SSSR count). The molecule has 1 N–H and O–H groups in total. The number of pyridine rings is 1. The molecule has 2 atom stereocenters. The highest BCUT2D eigenvalue weighted by molar-refractivity contribution is 6.04. The Kier molecular flexibility index (Phi) is 7.93. The zero-order valence-corrected chi connectivity index (χ0v) is 20.2. The highest BCUT2D eigenvalue weighted by Gasteiger charge is 2.36. The van der Waals surface area contributed by atoms with E-state index in [0.29, 0.717) is 41.9 Å². The lowest BCUT2D eigenvalue weighted by atomic mass is 9.85. The van der Waals surface area contributed by atoms with E-state index in [-0.39, 0.29) is 36.8 Å². The van der Waals surface area contributed by atoms with Crippen LogP contribution in [0, 0.1) is 0 Å². The van der Waals surface area contributed by atoms with Crippen molar-refractivity contribution in [2.24, 2.45) is 0 Å². The lowest BCUT2D eigenvalue weighted by Crippen LogP contribution is -2.15. The number of benzene rings is 2. The Morgan fingerprint density at radius 3 is 2.71 bits per heavy atom. The fourth-order valence-corrected chi connectivity index (χ4v) is 4.63. The number of Topliss-reactive ketones (excluding diaryl/α,β-unsaturated/α-hetero) is 2. The van der Waals surface area contributed by atoms with Crippen LogP contribution in [-0.2, 0) is 6.42 Å². The second-order valence-corrected chi connectivity index (χ2v) is 8.80. The number of rotatable bonds is 11. The molecule has 1 aliphatic rings. The van der Waals surface area contributed by atoms with Gasteiger partial charge in [0.25, 0.3) is 0 Å². The Balaban J connectivity index is 1.64. The van der Waals surface area contributed by atoms with E-state index >= 15 is 0 Å². The van der Waals surface area contributed by atoms with Gasteiger partial charge in [-0.05, 0) is 61.2 Å². The van der Waals surface area contributed by atoms with Crippen molar-refractivity contribution in [3.8, 4) is 11.5 Å². The van der Waals surface area contributed by atoms with Crippen molar-refractivity contribution >= 4 is 11.6 Å². The quantitative estimate of drug-likeness (QED) is 0.387. The number of carbonyl (C=O) groups excluding carboxylic acids is 2. The predicted molar refractivity (Wildman–Crippen MR) is 134 cm³/mol. The zero-order chi connectivity index (χ0) is 24.8. The van der Waals surface area contributed by atoms with E-state index in [2.05, 4.69) is 4.98 Å². The number of hydrogen-bond donors (Lipinski definition) is 1. The molecular formula is C29H31NO5. The summed E-state index contributed by atoms with van der Waals surface area (Å²) in [5.41, 5.74) is 3.95. The number of aryl methyl sites for hydroxylation is 1. The molecule has 0 radical (unpaired) electrons. The number of ether oxygens (including phenoxy) is 2. The van der Waals surface area contributed by atoms with Crippen molar-refractivity contribution in [3.05, 3.63) is 88.7 Å². The Hall–Kier alpha value is -3.51. The van der Waals surface area contributed by atoms with Crippen LogP contribution in [0.3, 0.4) is 0 Å². The molecule has 1 aromatic heterocycles. The summed E-state index contributed by atoms with van der Waals surface area (Å²) in [5.74, 6) is 1.06.